The molecule has 0 spiro atoms. The van der Waals surface area contributed by atoms with Crippen molar-refractivity contribution in [1.29, 1.82) is 0 Å². The molecule has 214 valence electrons. The number of nitrogen functional groups attached to an aromatic ring is 2. The first-order valence-corrected chi connectivity index (χ1v) is 11.6. The number of aromatic amines is 1. The summed E-state index contributed by atoms with van der Waals surface area (Å²) in [6.45, 7) is 2.39. The summed E-state index contributed by atoms with van der Waals surface area (Å²) in [5.41, 5.74) is 4.56. The Bertz CT molecular complexity index is 1640. The summed E-state index contributed by atoms with van der Waals surface area (Å²) in [5.74, 6) is -3.19. The van der Waals surface area contributed by atoms with Gasteiger partial charge in [0.1, 0.15) is 5.56 Å². The van der Waals surface area contributed by atoms with E-state index >= 15 is 0 Å². The largest absolute Gasteiger partial charge is 0.423 e. The van der Waals surface area contributed by atoms with Crippen LogP contribution in [0.3, 0.4) is 0 Å². The number of anilines is 2. The second-order valence-corrected chi connectivity index (χ2v) is 8.40. The number of pyridine rings is 1. The summed E-state index contributed by atoms with van der Waals surface area (Å²) in [5, 5.41) is 4.39. The molecule has 0 bridgehead atoms. The fourth-order valence-corrected chi connectivity index (χ4v) is 3.74. The molecule has 0 saturated heterocycles. The third kappa shape index (κ3) is 6.38. The first-order chi connectivity index (χ1) is 18.8. The number of nitrogens with one attached hydrogen (secondary N) is 1. The number of benzene rings is 1. The normalized spacial score (nSPS) is 11.5. The highest BCUT2D eigenvalue weighted by Crippen LogP contribution is 2.34. The Labute approximate surface area is 220 Å². The van der Waals surface area contributed by atoms with Crippen LogP contribution < -0.4 is 22.6 Å². The van der Waals surface area contributed by atoms with Crippen molar-refractivity contribution in [1.82, 2.24) is 24.7 Å². The predicted octanol–water partition coefficient (Wildman–Crippen LogP) is 4.82. The molecule has 0 radical (unpaired) electrons. The zero-order chi connectivity index (χ0) is 29.8. The fourth-order valence-electron chi connectivity index (χ4n) is 3.74. The van der Waals surface area contributed by atoms with Crippen molar-refractivity contribution in [3.8, 4) is 11.3 Å². The maximum absolute atomic E-state index is 14.8. The molecule has 40 heavy (non-hydrogen) atoms. The summed E-state index contributed by atoms with van der Waals surface area (Å²) in [6.07, 6.45) is -2.19. The van der Waals surface area contributed by atoms with Gasteiger partial charge in [-0.1, -0.05) is 19.8 Å². The molecule has 4 aromatic rings. The molecule has 1 aromatic carbocycles. The number of nitrogens with zero attached hydrogens (tertiary/aromatic N) is 4. The van der Waals surface area contributed by atoms with Crippen LogP contribution in [0.25, 0.3) is 22.0 Å². The molecule has 4 rings (SSSR count). The highest BCUT2D eigenvalue weighted by atomic mass is 19.4. The summed E-state index contributed by atoms with van der Waals surface area (Å²) in [7, 11) is 0. The van der Waals surface area contributed by atoms with Crippen LogP contribution in [0.2, 0.25) is 0 Å². The van der Waals surface area contributed by atoms with Gasteiger partial charge in [0.25, 0.3) is 17.5 Å². The van der Waals surface area contributed by atoms with Gasteiger partial charge >= 0.3 is 6.18 Å². The topological polar surface area (TPSA) is 146 Å². The van der Waals surface area contributed by atoms with Gasteiger partial charge in [-0.3, -0.25) is 9.59 Å². The minimum Gasteiger partial charge on any atom is -0.397 e. The lowest BCUT2D eigenvalue weighted by Gasteiger charge is -2.12. The minimum atomic E-state index is -4.74. The molecule has 0 aliphatic rings. The van der Waals surface area contributed by atoms with E-state index in [0.29, 0.717) is 6.54 Å². The second-order valence-electron chi connectivity index (χ2n) is 8.40. The van der Waals surface area contributed by atoms with Crippen LogP contribution in [0.4, 0.5) is 42.4 Å². The van der Waals surface area contributed by atoms with Gasteiger partial charge in [-0.2, -0.15) is 18.3 Å². The van der Waals surface area contributed by atoms with Crippen molar-refractivity contribution in [2.45, 2.75) is 45.3 Å². The van der Waals surface area contributed by atoms with Gasteiger partial charge in [-0.25, -0.2) is 32.6 Å². The number of unbranched alkanes of at least 4 members (excludes halogenated alkanes) is 2. The molecular weight excluding hydrogens is 551 g/mol. The number of H-pyrrole nitrogens is 1. The standard InChI is InChI=1S/C19H18F4N4O.C5H4F3N3O/c1-2-3-4-6-27-7-5-10-8-11(14(20)15(21)13(10)18(27)28)16-12(17(22)23)9-25-19(24)26-16;6-5(7,8)3-2(9)1-10-11-4(3)12/h5,7-9,17H,2-4,6H2,1H3,(H2,24,25,26);1H,(H3,9,11,12). The molecule has 16 heteroatoms. The van der Waals surface area contributed by atoms with Gasteiger partial charge in [0, 0.05) is 24.5 Å². The lowest BCUT2D eigenvalue weighted by atomic mass is 10.0. The summed E-state index contributed by atoms with van der Waals surface area (Å²) >= 11 is 0. The van der Waals surface area contributed by atoms with Crippen molar-refractivity contribution in [2.24, 2.45) is 0 Å². The van der Waals surface area contributed by atoms with E-state index in [1.54, 1.807) is 5.10 Å². The summed E-state index contributed by atoms with van der Waals surface area (Å²) in [4.78, 5) is 30.3. The molecule has 5 N–H and O–H groups in total. The maximum atomic E-state index is 14.8. The van der Waals surface area contributed by atoms with Crippen LogP contribution in [-0.4, -0.2) is 24.7 Å². The molecule has 0 aliphatic heterocycles. The number of nitrogens with two attached hydrogens (primary N) is 2. The van der Waals surface area contributed by atoms with Crippen molar-refractivity contribution >= 4 is 22.4 Å². The summed E-state index contributed by atoms with van der Waals surface area (Å²) < 4.78 is 93.3. The number of aromatic nitrogens is 5. The Kier molecular flexibility index (Phi) is 9.11. The Morgan fingerprint density at radius 3 is 2.35 bits per heavy atom. The van der Waals surface area contributed by atoms with Gasteiger partial charge in [-0.15, -0.1) is 0 Å². The molecule has 0 fully saturated rings. The van der Waals surface area contributed by atoms with Crippen molar-refractivity contribution in [3.63, 3.8) is 0 Å². The predicted molar refractivity (Wildman–Crippen MR) is 132 cm³/mol. The number of rotatable bonds is 6. The van der Waals surface area contributed by atoms with Gasteiger partial charge in [0.2, 0.25) is 5.95 Å². The van der Waals surface area contributed by atoms with Gasteiger partial charge in [0.05, 0.1) is 28.5 Å². The zero-order valence-electron chi connectivity index (χ0n) is 20.7. The average Bonchev–Trinajstić information content (AvgIpc) is 2.86. The lowest BCUT2D eigenvalue weighted by Crippen LogP contribution is -2.24. The van der Waals surface area contributed by atoms with Crippen LogP contribution >= 0.6 is 0 Å². The monoisotopic (exact) mass is 573 g/mol. The molecular formula is C24H22F7N7O2. The highest BCUT2D eigenvalue weighted by Gasteiger charge is 2.36. The zero-order valence-corrected chi connectivity index (χ0v) is 20.7. The van der Waals surface area contributed by atoms with Crippen molar-refractivity contribution < 1.29 is 30.7 Å². The number of hydrogen-bond donors (Lipinski definition) is 3. The Morgan fingerprint density at radius 1 is 1.07 bits per heavy atom. The van der Waals surface area contributed by atoms with Crippen molar-refractivity contribution in [3.05, 3.63) is 74.2 Å². The Morgan fingerprint density at radius 2 is 1.77 bits per heavy atom. The van der Waals surface area contributed by atoms with E-state index in [-0.39, 0.29) is 11.3 Å². The molecule has 0 amide bonds. The van der Waals surface area contributed by atoms with Gasteiger partial charge in [-0.05, 0) is 23.9 Å². The van der Waals surface area contributed by atoms with E-state index in [1.165, 1.54) is 16.8 Å². The van der Waals surface area contributed by atoms with E-state index in [0.717, 1.165) is 37.7 Å². The van der Waals surface area contributed by atoms with Crippen LogP contribution in [0.5, 0.6) is 0 Å². The first-order valence-electron chi connectivity index (χ1n) is 11.6. The van der Waals surface area contributed by atoms with Crippen LogP contribution in [0.15, 0.2) is 40.3 Å². The highest BCUT2D eigenvalue weighted by molar-refractivity contribution is 5.87. The van der Waals surface area contributed by atoms with E-state index in [2.05, 4.69) is 15.1 Å². The van der Waals surface area contributed by atoms with Gasteiger partial charge in [0.15, 0.2) is 11.6 Å². The average molecular weight is 573 g/mol. The maximum Gasteiger partial charge on any atom is 0.423 e. The second kappa shape index (κ2) is 12.1. The smallest absolute Gasteiger partial charge is 0.397 e. The van der Waals surface area contributed by atoms with Crippen LogP contribution in [0, 0.1) is 11.6 Å². The number of hydrogen-bond acceptors (Lipinski definition) is 7. The fraction of sp³-hybridized carbons (Fsp3) is 0.292. The quantitative estimate of drug-likeness (QED) is 0.222. The number of fused-ring (bicyclic) bond motifs is 1. The number of alkyl halides is 5. The van der Waals surface area contributed by atoms with E-state index in [9.17, 15) is 40.3 Å². The third-order valence-corrected chi connectivity index (χ3v) is 5.64. The molecule has 0 atom stereocenters. The Hall–Kier alpha value is -4.50. The first kappa shape index (κ1) is 30.0. The molecule has 3 heterocycles. The van der Waals surface area contributed by atoms with E-state index in [4.69, 9.17) is 11.5 Å². The molecule has 0 unspecified atom stereocenters. The Balaban J connectivity index is 0.000000307. The molecule has 0 aliphatic carbocycles. The SMILES string of the molecule is CCCCCn1ccc2cc(-c3nc(N)ncc3C(F)F)c(F)c(F)c2c1=O.Nc1cn[nH]c(=O)c1C(F)(F)F. The number of aryl methyl sites for hydroxylation is 1. The van der Waals surface area contributed by atoms with Crippen LogP contribution in [0.1, 0.15) is 43.7 Å². The molecule has 9 nitrogen and oxygen atoms in total. The third-order valence-electron chi connectivity index (χ3n) is 5.64. The van der Waals surface area contributed by atoms with E-state index in [1.807, 2.05) is 6.92 Å². The van der Waals surface area contributed by atoms with Crippen LogP contribution in [-0.2, 0) is 12.7 Å². The minimum absolute atomic E-state index is 0.0861. The molecule has 3 aromatic heterocycles. The molecule has 0 saturated carbocycles. The number of halogens is 7. The van der Waals surface area contributed by atoms with Gasteiger partial charge < -0.3 is 16.0 Å². The van der Waals surface area contributed by atoms with E-state index < -0.39 is 68.8 Å². The summed E-state index contributed by atoms with van der Waals surface area (Å²) in [6, 6.07) is 2.57. The van der Waals surface area contributed by atoms with Crippen molar-refractivity contribution in [2.75, 3.05) is 11.5 Å². The lowest BCUT2D eigenvalue weighted by molar-refractivity contribution is -0.138.